The van der Waals surface area contributed by atoms with Gasteiger partial charge in [0.1, 0.15) is 0 Å². The van der Waals surface area contributed by atoms with Gasteiger partial charge in [-0.25, -0.2) is 0 Å². The molecule has 88 valence electrons. The van der Waals surface area contributed by atoms with Crippen molar-refractivity contribution in [2.24, 2.45) is 0 Å². The number of aromatic nitrogens is 2. The molecule has 17 heavy (non-hydrogen) atoms. The van der Waals surface area contributed by atoms with Gasteiger partial charge in [-0.05, 0) is 0 Å². The molecule has 1 aromatic carbocycles. The third kappa shape index (κ3) is 2.53. The molecule has 0 aliphatic carbocycles. The quantitative estimate of drug-likeness (QED) is 0.625. The number of alkyl halides is 2. The number of halogens is 2. The molecule has 7 heteroatoms. The van der Waals surface area contributed by atoms with Crippen molar-refractivity contribution in [3.63, 3.8) is 0 Å². The van der Waals surface area contributed by atoms with E-state index in [-0.39, 0.29) is 5.56 Å². The van der Waals surface area contributed by atoms with Crippen LogP contribution in [-0.4, -0.2) is 21.6 Å². The minimum atomic E-state index is -3.45. The molecule has 0 bridgehead atoms. The third-order valence-corrected chi connectivity index (χ3v) is 2.33. The fraction of sp³-hybridized carbons (Fsp3) is 0.100. The number of Topliss-reactive ketones (excluding diaryl/α,β-unsaturated/α-hetero) is 1. The number of benzene rings is 1. The highest BCUT2D eigenvalue weighted by molar-refractivity contribution is 7.20. The molecule has 0 aliphatic heterocycles. The van der Waals surface area contributed by atoms with E-state index in [4.69, 9.17) is 0 Å². The third-order valence-electron chi connectivity index (χ3n) is 2.07. The lowest BCUT2D eigenvalue weighted by Crippen LogP contribution is -2.20. The molecule has 2 rings (SSSR count). The van der Waals surface area contributed by atoms with Crippen LogP contribution in [0, 0.1) is 0 Å². The Labute approximate surface area is 97.2 Å². The second-order valence-corrected chi connectivity index (χ2v) is 4.01. The Bertz CT molecular complexity index is 520. The van der Waals surface area contributed by atoms with Crippen LogP contribution in [0.25, 0.3) is 11.4 Å². The standard InChI is InChI=1S/C10H7F2N2O2P/c11-10(12,17)8(15)6-1-3-7(4-2-6)9-13-5-16-14-9/h1-5H,17H2. The zero-order valence-corrected chi connectivity index (χ0v) is 9.59. The number of hydrogen-bond donors (Lipinski definition) is 0. The largest absolute Gasteiger partial charge is 0.342 e. The molecule has 1 unspecified atom stereocenters. The molecule has 0 saturated heterocycles. The average molecular weight is 256 g/mol. The predicted molar refractivity (Wildman–Crippen MR) is 58.7 cm³/mol. The lowest BCUT2D eigenvalue weighted by molar-refractivity contribution is 0.0562. The van der Waals surface area contributed by atoms with Gasteiger partial charge in [-0.3, -0.25) is 4.79 Å². The van der Waals surface area contributed by atoms with Crippen LogP contribution in [0.5, 0.6) is 0 Å². The summed E-state index contributed by atoms with van der Waals surface area (Å²) in [6, 6.07) is 5.56. The second-order valence-electron chi connectivity index (χ2n) is 3.28. The summed E-state index contributed by atoms with van der Waals surface area (Å²) < 4.78 is 30.0. The first-order valence-corrected chi connectivity index (χ1v) is 5.14. The van der Waals surface area contributed by atoms with Crippen LogP contribution in [0.15, 0.2) is 35.2 Å². The van der Waals surface area contributed by atoms with Crippen LogP contribution in [0.4, 0.5) is 8.78 Å². The van der Waals surface area contributed by atoms with Crippen molar-refractivity contribution >= 4 is 15.0 Å². The van der Waals surface area contributed by atoms with Gasteiger partial charge in [0.25, 0.3) is 0 Å². The number of hydrogen-bond acceptors (Lipinski definition) is 4. The first-order chi connectivity index (χ1) is 7.98. The Morgan fingerprint density at radius 3 is 2.41 bits per heavy atom. The molecule has 1 aromatic heterocycles. The number of carbonyl (C=O) groups excluding carboxylic acids is 1. The van der Waals surface area contributed by atoms with E-state index in [2.05, 4.69) is 14.7 Å². The van der Waals surface area contributed by atoms with Crippen molar-refractivity contribution in [1.82, 2.24) is 10.1 Å². The highest BCUT2D eigenvalue weighted by Gasteiger charge is 2.33. The van der Waals surface area contributed by atoms with Gasteiger partial charge in [-0.15, -0.1) is 0 Å². The van der Waals surface area contributed by atoms with Crippen molar-refractivity contribution in [1.29, 1.82) is 0 Å². The van der Waals surface area contributed by atoms with E-state index in [9.17, 15) is 13.6 Å². The minimum absolute atomic E-state index is 0.0720. The van der Waals surface area contributed by atoms with Crippen molar-refractivity contribution in [3.8, 4) is 11.4 Å². The van der Waals surface area contributed by atoms with Crippen LogP contribution in [0.3, 0.4) is 0 Å². The molecular formula is C10H7F2N2O2P. The Hall–Kier alpha value is -1.68. The molecule has 1 atom stereocenters. The summed E-state index contributed by atoms with van der Waals surface area (Å²) >= 11 is 0. The zero-order valence-electron chi connectivity index (χ0n) is 8.43. The molecule has 0 amide bonds. The van der Waals surface area contributed by atoms with Gasteiger partial charge in [-0.1, -0.05) is 38.7 Å². The first kappa shape index (κ1) is 11.8. The normalized spacial score (nSPS) is 11.5. The Morgan fingerprint density at radius 1 is 1.29 bits per heavy atom. The maximum absolute atomic E-state index is 12.7. The Kier molecular flexibility index (Phi) is 2.98. The molecule has 0 N–H and O–H groups in total. The zero-order chi connectivity index (χ0) is 12.5. The molecular weight excluding hydrogens is 249 g/mol. The fourth-order valence-corrected chi connectivity index (χ4v) is 1.43. The summed E-state index contributed by atoms with van der Waals surface area (Å²) in [7, 11) is 1.21. The Balaban J connectivity index is 2.28. The SMILES string of the molecule is O=C(c1ccc(-c2ncon2)cc1)C(F)(F)P. The summed E-state index contributed by atoms with van der Waals surface area (Å²) in [4.78, 5) is 15.0. The lowest BCUT2D eigenvalue weighted by Gasteiger charge is -2.08. The maximum Gasteiger partial charge on any atom is 0.320 e. The van der Waals surface area contributed by atoms with E-state index in [1.807, 2.05) is 0 Å². The number of carbonyl (C=O) groups is 1. The summed E-state index contributed by atoms with van der Waals surface area (Å²) in [5.41, 5.74) is -2.94. The fourth-order valence-electron chi connectivity index (χ4n) is 1.26. The van der Waals surface area contributed by atoms with Crippen LogP contribution < -0.4 is 0 Å². The number of rotatable bonds is 3. The van der Waals surface area contributed by atoms with Crippen LogP contribution in [0.2, 0.25) is 0 Å². The second kappa shape index (κ2) is 4.30. The van der Waals surface area contributed by atoms with Gasteiger partial charge < -0.3 is 4.52 Å². The van der Waals surface area contributed by atoms with Crippen LogP contribution in [-0.2, 0) is 0 Å². The summed E-state index contributed by atoms with van der Waals surface area (Å²) in [6.07, 6.45) is 1.16. The summed E-state index contributed by atoms with van der Waals surface area (Å²) in [5, 5.41) is 3.59. The van der Waals surface area contributed by atoms with Crippen LogP contribution >= 0.6 is 9.24 Å². The molecule has 0 radical (unpaired) electrons. The highest BCUT2D eigenvalue weighted by atomic mass is 31.0. The van der Waals surface area contributed by atoms with Crippen LogP contribution in [0.1, 0.15) is 10.4 Å². The van der Waals surface area contributed by atoms with Crippen molar-refractivity contribution in [3.05, 3.63) is 36.2 Å². The molecule has 1 heterocycles. The summed E-state index contributed by atoms with van der Waals surface area (Å²) in [6.45, 7) is 0. The number of nitrogens with zero attached hydrogens (tertiary/aromatic N) is 2. The summed E-state index contributed by atoms with van der Waals surface area (Å²) in [5.74, 6) is -0.913. The maximum atomic E-state index is 12.7. The highest BCUT2D eigenvalue weighted by Crippen LogP contribution is 2.27. The average Bonchev–Trinajstić information content (AvgIpc) is 2.80. The van der Waals surface area contributed by atoms with Crippen molar-refractivity contribution < 1.29 is 18.1 Å². The van der Waals surface area contributed by atoms with Gasteiger partial charge in [-0.2, -0.15) is 13.8 Å². The van der Waals surface area contributed by atoms with E-state index in [0.29, 0.717) is 11.4 Å². The van der Waals surface area contributed by atoms with Crippen molar-refractivity contribution in [2.45, 2.75) is 5.66 Å². The molecule has 0 fully saturated rings. The van der Waals surface area contributed by atoms with Gasteiger partial charge >= 0.3 is 5.66 Å². The van der Waals surface area contributed by atoms with E-state index in [1.54, 1.807) is 0 Å². The molecule has 4 nitrogen and oxygen atoms in total. The molecule has 0 aliphatic rings. The lowest BCUT2D eigenvalue weighted by atomic mass is 10.1. The van der Waals surface area contributed by atoms with Crippen molar-refractivity contribution in [2.75, 3.05) is 0 Å². The smallest absolute Gasteiger partial charge is 0.320 e. The molecule has 0 saturated carbocycles. The Morgan fingerprint density at radius 2 is 1.94 bits per heavy atom. The van der Waals surface area contributed by atoms with Gasteiger partial charge in [0.15, 0.2) is 0 Å². The van der Waals surface area contributed by atoms with Gasteiger partial charge in [0, 0.05) is 11.1 Å². The monoisotopic (exact) mass is 256 g/mol. The topological polar surface area (TPSA) is 56.0 Å². The molecule has 0 spiro atoms. The van der Waals surface area contributed by atoms with E-state index < -0.39 is 11.4 Å². The van der Waals surface area contributed by atoms with Gasteiger partial charge in [0.05, 0.1) is 0 Å². The van der Waals surface area contributed by atoms with E-state index in [1.165, 1.54) is 33.5 Å². The van der Waals surface area contributed by atoms with Gasteiger partial charge in [0.2, 0.25) is 18.0 Å². The molecule has 2 aromatic rings. The van der Waals surface area contributed by atoms with E-state index >= 15 is 0 Å². The minimum Gasteiger partial charge on any atom is -0.342 e. The van der Waals surface area contributed by atoms with E-state index in [0.717, 1.165) is 6.39 Å². The number of ketones is 1. The predicted octanol–water partition coefficient (Wildman–Crippen LogP) is 2.39. The first-order valence-electron chi connectivity index (χ1n) is 4.57.